The highest BCUT2D eigenvalue weighted by Crippen LogP contribution is 2.61. The van der Waals surface area contributed by atoms with Crippen LogP contribution in [0.5, 0.6) is 0 Å². The largest absolute Gasteiger partial charge is 0.377 e. The van der Waals surface area contributed by atoms with E-state index in [9.17, 15) is 4.79 Å². The molecule has 1 amide bonds. The zero-order valence-corrected chi connectivity index (χ0v) is 20.9. The summed E-state index contributed by atoms with van der Waals surface area (Å²) in [4.78, 5) is 15.4. The highest BCUT2D eigenvalue weighted by Gasteiger charge is 2.51. The number of amides is 1. The van der Waals surface area contributed by atoms with Gasteiger partial charge in [-0.2, -0.15) is 0 Å². The van der Waals surface area contributed by atoms with Crippen LogP contribution in [-0.4, -0.2) is 103 Å². The Labute approximate surface area is 204 Å². The maximum Gasteiger partial charge on any atom is 0.223 e. The molecular formula is C26H45NO7. The van der Waals surface area contributed by atoms with Gasteiger partial charge in [0, 0.05) is 19.5 Å². The number of hydrogen-bond acceptors (Lipinski definition) is 7. The van der Waals surface area contributed by atoms with E-state index in [4.69, 9.17) is 28.4 Å². The summed E-state index contributed by atoms with van der Waals surface area (Å²) in [5.74, 6) is 2.85. The molecule has 1 aliphatic heterocycles. The number of hydrogen-bond donors (Lipinski definition) is 0. The summed E-state index contributed by atoms with van der Waals surface area (Å²) >= 11 is 0. The first-order valence-electron chi connectivity index (χ1n) is 13.5. The molecule has 5 rings (SSSR count). The smallest absolute Gasteiger partial charge is 0.223 e. The average molecular weight is 484 g/mol. The standard InChI is InChI=1S/C26H45NO7/c28-25(21-26-18-22-15-23(19-26)17-24(16-22)20-26)27-1-3-29-5-7-31-9-11-33-13-14-34-12-10-32-8-6-30-4-2-27/h22-24H,1-21H2. The van der Waals surface area contributed by atoms with E-state index < -0.39 is 0 Å². The number of rotatable bonds is 2. The Kier molecular flexibility index (Phi) is 10.9. The van der Waals surface area contributed by atoms with Gasteiger partial charge in [-0.05, 0) is 61.7 Å². The molecule has 196 valence electrons. The van der Waals surface area contributed by atoms with E-state index in [0.29, 0.717) is 98.8 Å². The number of nitrogens with zero attached hydrogens (tertiary/aromatic N) is 1. The Hall–Kier alpha value is -0.770. The van der Waals surface area contributed by atoms with Gasteiger partial charge >= 0.3 is 0 Å². The lowest BCUT2D eigenvalue weighted by Crippen LogP contribution is -2.49. The molecule has 34 heavy (non-hydrogen) atoms. The lowest BCUT2D eigenvalue weighted by atomic mass is 9.49. The maximum atomic E-state index is 13.4. The Morgan fingerprint density at radius 2 is 0.882 bits per heavy atom. The fourth-order valence-corrected chi connectivity index (χ4v) is 6.85. The second-order valence-electron chi connectivity index (χ2n) is 10.6. The van der Waals surface area contributed by atoms with Crippen LogP contribution in [0.1, 0.15) is 44.9 Å². The Bertz CT molecular complexity index is 544. The molecule has 5 aliphatic rings. The van der Waals surface area contributed by atoms with Gasteiger partial charge in [0.05, 0.1) is 79.3 Å². The third-order valence-electron chi connectivity index (χ3n) is 7.92. The van der Waals surface area contributed by atoms with Crippen molar-refractivity contribution in [3.05, 3.63) is 0 Å². The number of carbonyl (C=O) groups is 1. The molecule has 8 heteroatoms. The first-order valence-corrected chi connectivity index (χ1v) is 13.5. The van der Waals surface area contributed by atoms with E-state index >= 15 is 0 Å². The van der Waals surface area contributed by atoms with Crippen LogP contribution in [-0.2, 0) is 33.2 Å². The van der Waals surface area contributed by atoms with Crippen LogP contribution < -0.4 is 0 Å². The van der Waals surface area contributed by atoms with E-state index in [-0.39, 0.29) is 11.3 Å². The minimum atomic E-state index is 0.251. The Balaban J connectivity index is 1.24. The highest BCUT2D eigenvalue weighted by molar-refractivity contribution is 5.77. The molecule has 4 aliphatic carbocycles. The molecule has 1 saturated heterocycles. The summed E-state index contributed by atoms with van der Waals surface area (Å²) in [5.41, 5.74) is 0.251. The Morgan fingerprint density at radius 3 is 1.24 bits per heavy atom. The van der Waals surface area contributed by atoms with Gasteiger partial charge in [-0.3, -0.25) is 4.79 Å². The van der Waals surface area contributed by atoms with Gasteiger partial charge in [-0.15, -0.1) is 0 Å². The average Bonchev–Trinajstić information content (AvgIpc) is 2.79. The molecule has 0 atom stereocenters. The first kappa shape index (κ1) is 26.3. The zero-order chi connectivity index (χ0) is 23.5. The molecular weight excluding hydrogens is 438 g/mol. The van der Waals surface area contributed by atoms with Crippen molar-refractivity contribution in [2.24, 2.45) is 23.2 Å². The fourth-order valence-electron chi connectivity index (χ4n) is 6.85. The van der Waals surface area contributed by atoms with Gasteiger partial charge < -0.3 is 33.3 Å². The van der Waals surface area contributed by atoms with E-state index in [0.717, 1.165) is 17.8 Å². The van der Waals surface area contributed by atoms with Crippen LogP contribution in [0, 0.1) is 23.2 Å². The molecule has 4 saturated carbocycles. The van der Waals surface area contributed by atoms with E-state index in [1.165, 1.54) is 38.5 Å². The fraction of sp³-hybridized carbons (Fsp3) is 0.962. The topological polar surface area (TPSA) is 75.7 Å². The lowest BCUT2D eigenvalue weighted by molar-refractivity contribution is -0.141. The summed E-state index contributed by atoms with van der Waals surface area (Å²) < 4.78 is 33.6. The molecule has 0 radical (unpaired) electrons. The second kappa shape index (κ2) is 14.1. The quantitative estimate of drug-likeness (QED) is 0.597. The van der Waals surface area contributed by atoms with Crippen LogP contribution in [0.2, 0.25) is 0 Å². The van der Waals surface area contributed by atoms with E-state index in [1.54, 1.807) is 0 Å². The SMILES string of the molecule is O=C(CC12CC3CC(CC(C3)C1)C2)N1CCOCCOCCOCCOCCOCCOCC1. The predicted molar refractivity (Wildman–Crippen MR) is 127 cm³/mol. The zero-order valence-electron chi connectivity index (χ0n) is 20.9. The van der Waals surface area contributed by atoms with Gasteiger partial charge in [0.15, 0.2) is 0 Å². The summed E-state index contributed by atoms with van der Waals surface area (Å²) in [5, 5.41) is 0. The van der Waals surface area contributed by atoms with Crippen molar-refractivity contribution in [2.45, 2.75) is 44.9 Å². The molecule has 5 fully saturated rings. The maximum absolute atomic E-state index is 13.4. The minimum Gasteiger partial charge on any atom is -0.377 e. The van der Waals surface area contributed by atoms with Gasteiger partial charge in [0.2, 0.25) is 5.91 Å². The molecule has 0 aromatic heterocycles. The molecule has 0 spiro atoms. The van der Waals surface area contributed by atoms with Crippen molar-refractivity contribution in [1.29, 1.82) is 0 Å². The molecule has 0 aromatic carbocycles. The number of ether oxygens (including phenoxy) is 6. The van der Waals surface area contributed by atoms with Crippen LogP contribution >= 0.6 is 0 Å². The van der Waals surface area contributed by atoms with Crippen molar-refractivity contribution in [2.75, 3.05) is 92.4 Å². The molecule has 4 bridgehead atoms. The van der Waals surface area contributed by atoms with Crippen LogP contribution in [0.15, 0.2) is 0 Å². The summed E-state index contributed by atoms with van der Waals surface area (Å²) in [7, 11) is 0. The molecule has 0 aromatic rings. The molecule has 0 unspecified atom stereocenters. The van der Waals surface area contributed by atoms with Gasteiger partial charge in [0.25, 0.3) is 0 Å². The lowest BCUT2D eigenvalue weighted by Gasteiger charge is -2.57. The van der Waals surface area contributed by atoms with Gasteiger partial charge in [-0.25, -0.2) is 0 Å². The van der Waals surface area contributed by atoms with E-state index in [1.807, 2.05) is 4.90 Å². The summed E-state index contributed by atoms with van der Waals surface area (Å²) in [6.45, 7) is 7.63. The van der Waals surface area contributed by atoms with Crippen molar-refractivity contribution < 1.29 is 33.2 Å². The monoisotopic (exact) mass is 483 g/mol. The summed E-state index contributed by atoms with van der Waals surface area (Å²) in [6, 6.07) is 0. The third kappa shape index (κ3) is 8.42. The van der Waals surface area contributed by atoms with Crippen molar-refractivity contribution in [1.82, 2.24) is 4.90 Å². The summed E-state index contributed by atoms with van der Waals surface area (Å²) in [6.07, 6.45) is 8.68. The number of carbonyl (C=O) groups excluding carboxylic acids is 1. The van der Waals surface area contributed by atoms with E-state index in [2.05, 4.69) is 0 Å². The highest BCUT2D eigenvalue weighted by atomic mass is 16.6. The third-order valence-corrected chi connectivity index (χ3v) is 7.92. The van der Waals surface area contributed by atoms with Crippen molar-refractivity contribution in [3.63, 3.8) is 0 Å². The van der Waals surface area contributed by atoms with Crippen molar-refractivity contribution in [3.8, 4) is 0 Å². The van der Waals surface area contributed by atoms with Crippen molar-refractivity contribution >= 4 is 5.91 Å². The van der Waals surface area contributed by atoms with Crippen LogP contribution in [0.4, 0.5) is 0 Å². The first-order chi connectivity index (χ1) is 16.7. The Morgan fingerprint density at radius 1 is 0.559 bits per heavy atom. The van der Waals surface area contributed by atoms with Crippen LogP contribution in [0.25, 0.3) is 0 Å². The van der Waals surface area contributed by atoms with Gasteiger partial charge in [0.1, 0.15) is 0 Å². The van der Waals surface area contributed by atoms with Gasteiger partial charge in [-0.1, -0.05) is 0 Å². The molecule has 0 N–H and O–H groups in total. The molecule has 8 nitrogen and oxygen atoms in total. The second-order valence-corrected chi connectivity index (χ2v) is 10.6. The van der Waals surface area contributed by atoms with Crippen LogP contribution in [0.3, 0.4) is 0 Å². The predicted octanol–water partition coefficient (Wildman–Crippen LogP) is 2.53. The molecule has 1 heterocycles. The minimum absolute atomic E-state index is 0.251. The normalized spacial score (nSPS) is 35.5.